The first-order valence-corrected chi connectivity index (χ1v) is 10.9. The zero-order valence-corrected chi connectivity index (χ0v) is 17.3. The van der Waals surface area contributed by atoms with Gasteiger partial charge in [0.25, 0.3) is 0 Å². The summed E-state index contributed by atoms with van der Waals surface area (Å²) in [5.74, 6) is 0.280. The van der Waals surface area contributed by atoms with Crippen LogP contribution in [0.4, 0.5) is 5.69 Å². The van der Waals surface area contributed by atoms with Crippen molar-refractivity contribution in [2.75, 3.05) is 17.7 Å². The van der Waals surface area contributed by atoms with Crippen LogP contribution in [-0.2, 0) is 16.1 Å². The van der Waals surface area contributed by atoms with Gasteiger partial charge in [0.1, 0.15) is 0 Å². The lowest BCUT2D eigenvalue weighted by atomic mass is 10.1. The summed E-state index contributed by atoms with van der Waals surface area (Å²) in [7, 11) is 0. The van der Waals surface area contributed by atoms with E-state index in [4.69, 9.17) is 4.74 Å². The average Bonchev–Trinajstić information content (AvgIpc) is 3.39. The van der Waals surface area contributed by atoms with E-state index in [0.29, 0.717) is 5.75 Å². The molecular weight excluding hydrogens is 382 g/mol. The second-order valence-corrected chi connectivity index (χ2v) is 8.13. The highest BCUT2D eigenvalue weighted by Gasteiger charge is 2.21. The zero-order chi connectivity index (χ0) is 20.1. The maximum Gasteiger partial charge on any atom is 0.234 e. The molecule has 1 unspecified atom stereocenters. The molecule has 6 heteroatoms. The molecule has 1 N–H and O–H groups in total. The zero-order valence-electron chi connectivity index (χ0n) is 16.5. The molecule has 1 aliphatic rings. The number of carbonyl (C=O) groups is 1. The van der Waals surface area contributed by atoms with E-state index in [1.54, 1.807) is 0 Å². The molecule has 1 saturated heterocycles. The number of ether oxygens (including phenoxy) is 1. The number of thioether (sulfide) groups is 1. The smallest absolute Gasteiger partial charge is 0.234 e. The molecule has 1 aliphatic heterocycles. The number of aryl methyl sites for hydroxylation is 1. The van der Waals surface area contributed by atoms with Gasteiger partial charge in [0, 0.05) is 12.3 Å². The summed E-state index contributed by atoms with van der Waals surface area (Å²) in [5.41, 5.74) is 4.08. The molecule has 2 aromatic carbocycles. The lowest BCUT2D eigenvalue weighted by Crippen LogP contribution is -2.18. The van der Waals surface area contributed by atoms with Gasteiger partial charge in [-0.25, -0.2) is 4.98 Å². The van der Waals surface area contributed by atoms with E-state index in [0.717, 1.165) is 53.7 Å². The Morgan fingerprint density at radius 1 is 1.21 bits per heavy atom. The molecule has 5 nitrogen and oxygen atoms in total. The molecule has 1 fully saturated rings. The highest BCUT2D eigenvalue weighted by atomic mass is 32.2. The fourth-order valence-corrected chi connectivity index (χ4v) is 4.30. The van der Waals surface area contributed by atoms with Crippen LogP contribution < -0.4 is 5.32 Å². The Morgan fingerprint density at radius 3 is 2.76 bits per heavy atom. The van der Waals surface area contributed by atoms with Gasteiger partial charge in [-0.15, -0.1) is 0 Å². The van der Waals surface area contributed by atoms with E-state index in [9.17, 15) is 4.79 Å². The summed E-state index contributed by atoms with van der Waals surface area (Å²) < 4.78 is 8.04. The molecule has 1 atom stereocenters. The van der Waals surface area contributed by atoms with Gasteiger partial charge in [-0.3, -0.25) is 4.79 Å². The fraction of sp³-hybridized carbons (Fsp3) is 0.304. The summed E-state index contributed by atoms with van der Waals surface area (Å²) in [4.78, 5) is 17.1. The minimum absolute atomic E-state index is 0.0303. The van der Waals surface area contributed by atoms with Crippen LogP contribution >= 0.6 is 11.8 Å². The molecule has 150 valence electrons. The molecule has 1 aromatic heterocycles. The molecule has 3 aromatic rings. The van der Waals surface area contributed by atoms with E-state index in [1.807, 2.05) is 55.6 Å². The van der Waals surface area contributed by atoms with E-state index in [1.165, 1.54) is 11.8 Å². The van der Waals surface area contributed by atoms with Gasteiger partial charge in [0.15, 0.2) is 5.16 Å². The van der Waals surface area contributed by atoms with Crippen molar-refractivity contribution in [2.24, 2.45) is 0 Å². The lowest BCUT2D eigenvalue weighted by Gasteiger charge is -2.16. The molecule has 4 rings (SSSR count). The van der Waals surface area contributed by atoms with E-state index >= 15 is 0 Å². The van der Waals surface area contributed by atoms with Crippen LogP contribution in [0.5, 0.6) is 0 Å². The van der Waals surface area contributed by atoms with Crippen LogP contribution in [0.25, 0.3) is 11.3 Å². The lowest BCUT2D eigenvalue weighted by molar-refractivity contribution is -0.113. The number of aromatic nitrogens is 2. The van der Waals surface area contributed by atoms with Crippen molar-refractivity contribution < 1.29 is 9.53 Å². The molecule has 0 bridgehead atoms. The number of nitrogens with one attached hydrogen (secondary N) is 1. The first kappa shape index (κ1) is 19.7. The SMILES string of the molecule is Cc1ccccc1NC(=O)CSc1ncc(-c2ccccc2)n1CC1CCCO1. The molecule has 1 amide bonds. The van der Waals surface area contributed by atoms with Gasteiger partial charge in [-0.1, -0.05) is 60.3 Å². The second-order valence-electron chi connectivity index (χ2n) is 7.19. The molecule has 2 heterocycles. The van der Waals surface area contributed by atoms with Crippen LogP contribution in [-0.4, -0.2) is 33.9 Å². The van der Waals surface area contributed by atoms with Crippen LogP contribution in [0.15, 0.2) is 66.0 Å². The highest BCUT2D eigenvalue weighted by Crippen LogP contribution is 2.28. The van der Waals surface area contributed by atoms with E-state index < -0.39 is 0 Å². The predicted molar refractivity (Wildman–Crippen MR) is 117 cm³/mol. The van der Waals surface area contributed by atoms with Gasteiger partial charge >= 0.3 is 0 Å². The normalized spacial score (nSPS) is 16.1. The van der Waals surface area contributed by atoms with Gasteiger partial charge in [-0.05, 0) is 37.0 Å². The van der Waals surface area contributed by atoms with Gasteiger partial charge in [-0.2, -0.15) is 0 Å². The van der Waals surface area contributed by atoms with Crippen molar-refractivity contribution in [1.29, 1.82) is 0 Å². The Bertz CT molecular complexity index is 965. The molecule has 0 aliphatic carbocycles. The summed E-state index contributed by atoms with van der Waals surface area (Å²) >= 11 is 1.46. The van der Waals surface area contributed by atoms with Gasteiger partial charge in [0.05, 0.1) is 30.3 Å². The number of rotatable bonds is 7. The number of carbonyl (C=O) groups excluding carboxylic acids is 1. The van der Waals surface area contributed by atoms with E-state index in [-0.39, 0.29) is 12.0 Å². The molecular formula is C23H25N3O2S. The van der Waals surface area contributed by atoms with Crippen LogP contribution in [0.2, 0.25) is 0 Å². The quantitative estimate of drug-likeness (QED) is 0.573. The van der Waals surface area contributed by atoms with E-state index in [2.05, 4.69) is 27.0 Å². The minimum atomic E-state index is -0.0303. The maximum atomic E-state index is 12.5. The fourth-order valence-electron chi connectivity index (χ4n) is 3.51. The van der Waals surface area contributed by atoms with Crippen molar-refractivity contribution in [3.63, 3.8) is 0 Å². The second kappa shape index (κ2) is 9.29. The van der Waals surface area contributed by atoms with Crippen LogP contribution in [0, 0.1) is 6.92 Å². The Morgan fingerprint density at radius 2 is 2.00 bits per heavy atom. The number of anilines is 1. The first-order chi connectivity index (χ1) is 14.2. The summed E-state index contributed by atoms with van der Waals surface area (Å²) in [6.45, 7) is 3.57. The number of hydrogen-bond donors (Lipinski definition) is 1. The van der Waals surface area contributed by atoms with Gasteiger partial charge < -0.3 is 14.6 Å². The van der Waals surface area contributed by atoms with Crippen molar-refractivity contribution in [1.82, 2.24) is 9.55 Å². The van der Waals surface area contributed by atoms with Crippen LogP contribution in [0.1, 0.15) is 18.4 Å². The minimum Gasteiger partial charge on any atom is -0.376 e. The number of benzene rings is 2. The first-order valence-electron chi connectivity index (χ1n) is 9.91. The number of amides is 1. The summed E-state index contributed by atoms with van der Waals surface area (Å²) in [6, 6.07) is 18.0. The Labute approximate surface area is 175 Å². The summed E-state index contributed by atoms with van der Waals surface area (Å²) in [6.07, 6.45) is 4.25. The third-order valence-corrected chi connectivity index (χ3v) is 6.04. The van der Waals surface area contributed by atoms with Crippen molar-refractivity contribution >= 4 is 23.4 Å². The Hall–Kier alpha value is -2.57. The maximum absolute atomic E-state index is 12.5. The Kier molecular flexibility index (Phi) is 6.32. The third kappa shape index (κ3) is 4.89. The predicted octanol–water partition coefficient (Wildman–Crippen LogP) is 4.77. The highest BCUT2D eigenvalue weighted by molar-refractivity contribution is 7.99. The number of para-hydroxylation sites is 1. The van der Waals surface area contributed by atoms with Crippen molar-refractivity contribution in [2.45, 2.75) is 37.6 Å². The van der Waals surface area contributed by atoms with Crippen LogP contribution in [0.3, 0.4) is 0 Å². The number of hydrogen-bond acceptors (Lipinski definition) is 4. The molecule has 0 radical (unpaired) electrons. The monoisotopic (exact) mass is 407 g/mol. The Balaban J connectivity index is 1.49. The van der Waals surface area contributed by atoms with Crippen molar-refractivity contribution in [3.8, 4) is 11.3 Å². The number of nitrogens with zero attached hydrogens (tertiary/aromatic N) is 2. The average molecular weight is 408 g/mol. The number of imidazole rings is 1. The van der Waals surface area contributed by atoms with Crippen molar-refractivity contribution in [3.05, 3.63) is 66.4 Å². The summed E-state index contributed by atoms with van der Waals surface area (Å²) in [5, 5.41) is 3.84. The molecule has 0 spiro atoms. The molecule has 0 saturated carbocycles. The third-order valence-electron chi connectivity index (χ3n) is 5.05. The molecule has 29 heavy (non-hydrogen) atoms. The topological polar surface area (TPSA) is 56.2 Å². The standard InChI is InChI=1S/C23H25N3O2S/c1-17-8-5-6-12-20(17)25-22(27)16-29-23-24-14-21(18-9-3-2-4-10-18)26(23)15-19-11-7-13-28-19/h2-6,8-10,12,14,19H,7,11,13,15-16H2,1H3,(H,25,27). The van der Waals surface area contributed by atoms with Gasteiger partial charge in [0.2, 0.25) is 5.91 Å². The largest absolute Gasteiger partial charge is 0.376 e.